The van der Waals surface area contributed by atoms with Crippen molar-refractivity contribution in [3.8, 4) is 0 Å². The Labute approximate surface area is 101 Å². The molecular weight excluding hydrogens is 196 g/mol. The van der Waals surface area contributed by atoms with Crippen LogP contribution in [0.2, 0.25) is 0 Å². The Morgan fingerprint density at radius 3 is 2.12 bits per heavy atom. The number of hydrogen-bond acceptors (Lipinski definition) is 2. The lowest BCUT2D eigenvalue weighted by molar-refractivity contribution is -0.0205. The molecule has 1 N–H and O–H groups in total. The Hall–Kier alpha value is -0.0800. The summed E-state index contributed by atoms with van der Waals surface area (Å²) in [5.41, 5.74) is 0.746. The normalized spacial score (nSPS) is 24.9. The fourth-order valence-electron chi connectivity index (χ4n) is 3.61. The van der Waals surface area contributed by atoms with Crippen LogP contribution in [0.25, 0.3) is 0 Å². The quantitative estimate of drug-likeness (QED) is 0.772. The molecular formula is C14H28N2. The SMILES string of the molecule is CCCN(CCC)C1CC2(CCNCC2)C1. The molecule has 1 aliphatic heterocycles. The van der Waals surface area contributed by atoms with Gasteiger partial charge >= 0.3 is 0 Å². The first-order valence-corrected chi connectivity index (χ1v) is 7.24. The van der Waals surface area contributed by atoms with Crippen molar-refractivity contribution in [2.75, 3.05) is 26.2 Å². The molecule has 2 aliphatic rings. The summed E-state index contributed by atoms with van der Waals surface area (Å²) in [5, 5.41) is 3.49. The number of hydrogen-bond donors (Lipinski definition) is 1. The van der Waals surface area contributed by atoms with Gasteiger partial charge in [0.15, 0.2) is 0 Å². The third kappa shape index (κ3) is 2.60. The lowest BCUT2D eigenvalue weighted by atomic mass is 9.60. The number of piperidine rings is 1. The molecule has 2 heteroatoms. The fraction of sp³-hybridized carbons (Fsp3) is 1.00. The maximum absolute atomic E-state index is 3.49. The second-order valence-corrected chi connectivity index (χ2v) is 5.85. The molecule has 0 aromatic rings. The van der Waals surface area contributed by atoms with Crippen LogP contribution < -0.4 is 5.32 Å². The van der Waals surface area contributed by atoms with Crippen molar-refractivity contribution < 1.29 is 0 Å². The van der Waals surface area contributed by atoms with Crippen LogP contribution in [0, 0.1) is 5.41 Å². The third-order valence-electron chi connectivity index (χ3n) is 4.54. The van der Waals surface area contributed by atoms with E-state index in [4.69, 9.17) is 0 Å². The Balaban J connectivity index is 1.80. The highest BCUT2D eigenvalue weighted by Gasteiger charge is 2.46. The predicted molar refractivity (Wildman–Crippen MR) is 69.7 cm³/mol. The van der Waals surface area contributed by atoms with Gasteiger partial charge in [-0.3, -0.25) is 0 Å². The molecule has 0 bridgehead atoms. The molecule has 94 valence electrons. The summed E-state index contributed by atoms with van der Waals surface area (Å²) < 4.78 is 0. The van der Waals surface area contributed by atoms with Gasteiger partial charge < -0.3 is 10.2 Å². The van der Waals surface area contributed by atoms with Crippen LogP contribution in [-0.4, -0.2) is 37.1 Å². The van der Waals surface area contributed by atoms with Crippen molar-refractivity contribution in [1.29, 1.82) is 0 Å². The third-order valence-corrected chi connectivity index (χ3v) is 4.54. The van der Waals surface area contributed by atoms with Crippen molar-refractivity contribution in [1.82, 2.24) is 10.2 Å². The molecule has 1 saturated carbocycles. The van der Waals surface area contributed by atoms with E-state index in [0.29, 0.717) is 0 Å². The smallest absolute Gasteiger partial charge is 0.0106 e. The average Bonchev–Trinajstić information content (AvgIpc) is 2.27. The van der Waals surface area contributed by atoms with Crippen molar-refractivity contribution in [3.05, 3.63) is 0 Å². The molecule has 1 aliphatic carbocycles. The van der Waals surface area contributed by atoms with Gasteiger partial charge in [0.25, 0.3) is 0 Å². The van der Waals surface area contributed by atoms with Gasteiger partial charge in [-0.2, -0.15) is 0 Å². The first-order chi connectivity index (χ1) is 7.79. The van der Waals surface area contributed by atoms with E-state index in [1.165, 1.54) is 64.7 Å². The first-order valence-electron chi connectivity index (χ1n) is 7.24. The van der Waals surface area contributed by atoms with Gasteiger partial charge in [0, 0.05) is 6.04 Å². The summed E-state index contributed by atoms with van der Waals surface area (Å²) in [7, 11) is 0. The van der Waals surface area contributed by atoms with Gasteiger partial charge in [-0.05, 0) is 70.1 Å². The minimum atomic E-state index is 0.746. The summed E-state index contributed by atoms with van der Waals surface area (Å²) in [6.45, 7) is 9.76. The van der Waals surface area contributed by atoms with Crippen LogP contribution >= 0.6 is 0 Å². The lowest BCUT2D eigenvalue weighted by Gasteiger charge is -2.54. The van der Waals surface area contributed by atoms with E-state index in [1.807, 2.05) is 0 Å². The van der Waals surface area contributed by atoms with E-state index < -0.39 is 0 Å². The molecule has 0 amide bonds. The zero-order valence-corrected chi connectivity index (χ0v) is 11.1. The van der Waals surface area contributed by atoms with E-state index in [-0.39, 0.29) is 0 Å². The monoisotopic (exact) mass is 224 g/mol. The molecule has 2 rings (SSSR count). The summed E-state index contributed by atoms with van der Waals surface area (Å²) >= 11 is 0. The molecule has 2 fully saturated rings. The lowest BCUT2D eigenvalue weighted by Crippen LogP contribution is -2.54. The van der Waals surface area contributed by atoms with Crippen LogP contribution in [0.1, 0.15) is 52.4 Å². The second-order valence-electron chi connectivity index (χ2n) is 5.85. The van der Waals surface area contributed by atoms with E-state index >= 15 is 0 Å². The minimum Gasteiger partial charge on any atom is -0.317 e. The maximum atomic E-state index is 3.49. The van der Waals surface area contributed by atoms with Crippen molar-refractivity contribution in [2.24, 2.45) is 5.41 Å². The average molecular weight is 224 g/mol. The highest BCUT2D eigenvalue weighted by atomic mass is 15.2. The van der Waals surface area contributed by atoms with Gasteiger partial charge in [-0.25, -0.2) is 0 Å². The molecule has 0 aromatic heterocycles. The number of nitrogens with one attached hydrogen (secondary N) is 1. The summed E-state index contributed by atoms with van der Waals surface area (Å²) in [4.78, 5) is 2.74. The van der Waals surface area contributed by atoms with Crippen LogP contribution in [0.4, 0.5) is 0 Å². The molecule has 16 heavy (non-hydrogen) atoms. The summed E-state index contributed by atoms with van der Waals surface area (Å²) in [6.07, 6.45) is 8.44. The summed E-state index contributed by atoms with van der Waals surface area (Å²) in [5.74, 6) is 0. The van der Waals surface area contributed by atoms with Gasteiger partial charge in [-0.15, -0.1) is 0 Å². The van der Waals surface area contributed by atoms with Crippen molar-refractivity contribution >= 4 is 0 Å². The van der Waals surface area contributed by atoms with Gasteiger partial charge in [0.1, 0.15) is 0 Å². The zero-order valence-electron chi connectivity index (χ0n) is 11.1. The van der Waals surface area contributed by atoms with Crippen LogP contribution in [0.15, 0.2) is 0 Å². The summed E-state index contributed by atoms with van der Waals surface area (Å²) in [6, 6.07) is 0.915. The topological polar surface area (TPSA) is 15.3 Å². The zero-order chi connectivity index (χ0) is 11.4. The van der Waals surface area contributed by atoms with Crippen molar-refractivity contribution in [2.45, 2.75) is 58.4 Å². The molecule has 0 radical (unpaired) electrons. The maximum Gasteiger partial charge on any atom is 0.0106 e. The standard InChI is InChI=1S/C14H28N2/c1-3-9-16(10-4-2)13-11-14(12-13)5-7-15-8-6-14/h13,15H,3-12H2,1-2H3. The largest absolute Gasteiger partial charge is 0.317 e. The predicted octanol–water partition coefficient (Wildman–Crippen LogP) is 2.64. The molecule has 1 heterocycles. The van der Waals surface area contributed by atoms with Crippen LogP contribution in [0.3, 0.4) is 0 Å². The Morgan fingerprint density at radius 1 is 1.06 bits per heavy atom. The van der Waals surface area contributed by atoms with E-state index in [1.54, 1.807) is 0 Å². The number of nitrogens with zero attached hydrogens (tertiary/aromatic N) is 1. The molecule has 0 unspecified atom stereocenters. The second kappa shape index (κ2) is 5.50. The highest BCUT2D eigenvalue weighted by Crippen LogP contribution is 2.49. The fourth-order valence-corrected chi connectivity index (χ4v) is 3.61. The number of rotatable bonds is 5. The molecule has 1 saturated heterocycles. The molecule has 1 spiro atoms. The van der Waals surface area contributed by atoms with Gasteiger partial charge in [0.2, 0.25) is 0 Å². The van der Waals surface area contributed by atoms with E-state index in [0.717, 1.165) is 11.5 Å². The Bertz CT molecular complexity index is 195. The van der Waals surface area contributed by atoms with Crippen molar-refractivity contribution in [3.63, 3.8) is 0 Å². The first kappa shape index (κ1) is 12.4. The molecule has 0 aromatic carbocycles. The van der Waals surface area contributed by atoms with E-state index in [2.05, 4.69) is 24.1 Å². The minimum absolute atomic E-state index is 0.746. The van der Waals surface area contributed by atoms with Crippen LogP contribution in [-0.2, 0) is 0 Å². The van der Waals surface area contributed by atoms with Gasteiger partial charge in [0.05, 0.1) is 0 Å². The van der Waals surface area contributed by atoms with Crippen LogP contribution in [0.5, 0.6) is 0 Å². The molecule has 0 atom stereocenters. The Morgan fingerprint density at radius 2 is 1.62 bits per heavy atom. The van der Waals surface area contributed by atoms with Gasteiger partial charge in [-0.1, -0.05) is 13.8 Å². The van der Waals surface area contributed by atoms with E-state index in [9.17, 15) is 0 Å². The highest BCUT2D eigenvalue weighted by molar-refractivity contribution is 5.00. The molecule has 2 nitrogen and oxygen atoms in total. The Kier molecular flexibility index (Phi) is 4.26.